The van der Waals surface area contributed by atoms with E-state index in [0.717, 1.165) is 70.9 Å². The van der Waals surface area contributed by atoms with Crippen LogP contribution in [0.5, 0.6) is 11.5 Å². The van der Waals surface area contributed by atoms with Crippen LogP contribution >= 0.6 is 0 Å². The summed E-state index contributed by atoms with van der Waals surface area (Å²) in [6.45, 7) is 5.71. The van der Waals surface area contributed by atoms with Crippen LogP contribution in [0.3, 0.4) is 0 Å². The number of amides is 7. The van der Waals surface area contributed by atoms with E-state index in [1.165, 1.54) is 43.3 Å². The van der Waals surface area contributed by atoms with Crippen molar-refractivity contribution in [3.05, 3.63) is 108 Å². The van der Waals surface area contributed by atoms with Gasteiger partial charge in [-0.25, -0.2) is 0 Å². The van der Waals surface area contributed by atoms with Gasteiger partial charge in [0.1, 0.15) is 66.1 Å². The molecule has 0 bridgehead atoms. The number of benzene rings is 4. The Labute approximate surface area is 504 Å². The molecular weight excluding hydrogens is 1130 g/mol. The Kier molecular flexibility index (Phi) is 23.7. The summed E-state index contributed by atoms with van der Waals surface area (Å²) in [6.07, 6.45) is -11.9. The number of carbonyl (C=O) groups is 7. The van der Waals surface area contributed by atoms with Crippen molar-refractivity contribution in [2.75, 3.05) is 32.8 Å². The Hall–Kier alpha value is -7.59. The molecule has 7 amide bonds. The number of phenolic OH excluding ortho intramolecular Hbond substituents is 1. The van der Waals surface area contributed by atoms with Crippen LogP contribution in [-0.4, -0.2) is 204 Å². The summed E-state index contributed by atoms with van der Waals surface area (Å²) in [5.74, 6) is -8.29. The molecule has 87 heavy (non-hydrogen) atoms. The summed E-state index contributed by atoms with van der Waals surface area (Å²) >= 11 is 0. The zero-order valence-electron chi connectivity index (χ0n) is 49.1. The maximum atomic E-state index is 14.7. The Morgan fingerprint density at radius 2 is 1.18 bits per heavy atom. The van der Waals surface area contributed by atoms with Gasteiger partial charge in [0.15, 0.2) is 6.23 Å². The maximum absolute atomic E-state index is 14.7. The van der Waals surface area contributed by atoms with E-state index < -0.39 is 152 Å². The fourth-order valence-electron chi connectivity index (χ4n) is 10.8. The molecule has 0 aromatic heterocycles. The number of carbonyl (C=O) groups excluding carboxylic acids is 7. The van der Waals surface area contributed by atoms with Gasteiger partial charge in [-0.15, -0.1) is 0 Å². The summed E-state index contributed by atoms with van der Waals surface area (Å²) in [4.78, 5) is 104. The SMILES string of the molecule is CCCCCOc1ccc(-c2ccc(-c3ccc(C(=O)N[C@@H]4C[C@@H](O)[C@@H](OCCCCN)NC(=O)[C@@H]5[C@@H](O)[C@@H](C)CN5C(=O)[C@H]([C@@H](C)O)NC(=O)[C@H]([C@H](O)[C@@H](O)c5ccc(O)cc5)NC(=O)[C@@H]5C[C@@H](O)CN5C(=O)[C@H]([C@@H](C)O)NC4=O)cc3)cc2)cc1. The molecule has 3 aliphatic heterocycles. The van der Waals surface area contributed by atoms with Crippen molar-refractivity contribution in [3.8, 4) is 33.8 Å². The average molecular weight is 1210 g/mol. The van der Waals surface area contributed by atoms with Gasteiger partial charge in [0.2, 0.25) is 35.4 Å². The molecule has 3 saturated heterocycles. The summed E-state index contributed by atoms with van der Waals surface area (Å²) in [7, 11) is 0. The van der Waals surface area contributed by atoms with E-state index >= 15 is 0 Å². The minimum atomic E-state index is -2.29. The fourth-order valence-corrected chi connectivity index (χ4v) is 10.8. The molecular formula is C62H82N8O17. The number of nitrogens with one attached hydrogen (secondary N) is 5. The predicted molar refractivity (Wildman–Crippen MR) is 315 cm³/mol. The zero-order valence-corrected chi connectivity index (χ0v) is 49.1. The number of phenols is 1. The lowest BCUT2D eigenvalue weighted by molar-refractivity contribution is -0.149. The van der Waals surface area contributed by atoms with Gasteiger partial charge in [-0.3, -0.25) is 33.6 Å². The Morgan fingerprint density at radius 1 is 0.644 bits per heavy atom. The lowest BCUT2D eigenvalue weighted by atomic mass is 9.96. The molecule has 4 aromatic rings. The molecule has 3 fully saturated rings. The predicted octanol–water partition coefficient (Wildman–Crippen LogP) is -0.164. The van der Waals surface area contributed by atoms with Crippen LogP contribution in [0.25, 0.3) is 22.3 Å². The molecule has 0 saturated carbocycles. The number of aliphatic hydroxyl groups is 7. The lowest BCUT2D eigenvalue weighted by Gasteiger charge is -2.34. The molecule has 15 atom stereocenters. The summed E-state index contributed by atoms with van der Waals surface area (Å²) < 4.78 is 11.9. The van der Waals surface area contributed by atoms with Crippen molar-refractivity contribution in [2.45, 2.75) is 158 Å². The third-order valence-electron chi connectivity index (χ3n) is 15.9. The lowest BCUT2D eigenvalue weighted by Crippen LogP contribution is -2.64. The molecule has 0 spiro atoms. The number of hydrogen-bond acceptors (Lipinski definition) is 18. The number of hydrogen-bond donors (Lipinski definition) is 14. The van der Waals surface area contributed by atoms with Crippen molar-refractivity contribution >= 4 is 41.4 Å². The van der Waals surface area contributed by atoms with Gasteiger partial charge in [-0.1, -0.05) is 87.4 Å². The van der Waals surface area contributed by atoms with Gasteiger partial charge >= 0.3 is 0 Å². The van der Waals surface area contributed by atoms with Gasteiger partial charge < -0.3 is 92.4 Å². The number of nitrogens with zero attached hydrogens (tertiary/aromatic N) is 2. The molecule has 25 heteroatoms. The van der Waals surface area contributed by atoms with Crippen LogP contribution in [0.4, 0.5) is 0 Å². The molecule has 0 radical (unpaired) electrons. The Morgan fingerprint density at radius 3 is 1.76 bits per heavy atom. The first-order valence-electron chi connectivity index (χ1n) is 29.5. The molecule has 472 valence electrons. The third kappa shape index (κ3) is 16.9. The summed E-state index contributed by atoms with van der Waals surface area (Å²) in [5, 5.41) is 102. The number of aliphatic hydroxyl groups excluding tert-OH is 7. The maximum Gasteiger partial charge on any atom is 0.251 e. The standard InChI is InChI=1S/C62H82N8O17/c1-5-6-8-27-86-44-24-20-39(21-25-44)37-12-10-36(11-13-37)38-14-16-41(17-15-38)55(79)64-45-30-47(75)60(87-28-9-7-26-63)68-59(83)51-52(76)33(2)31-70(51)62(85)49(35(4)72)66-58(82)50(54(78)53(77)40-18-22-42(73)23-19-40)67-57(81)46-29-43(74)32-69(46)61(84)48(34(3)71)65-56(45)80/h10-25,33-35,43,45-54,60,71-78H,5-9,26-32,63H2,1-4H3,(H,64,79)(H,65,80)(H,66,82)(H,67,81)(H,68,83)/t33-,34+,35+,43+,45+,46-,47+,48-,49-,50-,51-,52-,53-,54-,60+/m0/s1. The number of unbranched alkanes of at least 4 members (excludes halogenated alkanes) is 3. The highest BCUT2D eigenvalue weighted by Crippen LogP contribution is 2.30. The second-order valence-electron chi connectivity index (χ2n) is 22.6. The van der Waals surface area contributed by atoms with Crippen LogP contribution in [-0.2, 0) is 33.5 Å². The van der Waals surface area contributed by atoms with Gasteiger partial charge in [0.05, 0.1) is 31.0 Å². The van der Waals surface area contributed by atoms with Crippen LogP contribution in [0.1, 0.15) is 94.7 Å². The molecule has 3 aliphatic rings. The first-order valence-corrected chi connectivity index (χ1v) is 29.5. The second-order valence-corrected chi connectivity index (χ2v) is 22.6. The van der Waals surface area contributed by atoms with Gasteiger partial charge in [0.25, 0.3) is 5.91 Å². The van der Waals surface area contributed by atoms with Crippen LogP contribution in [0, 0.1) is 5.92 Å². The highest BCUT2D eigenvalue weighted by Gasteiger charge is 2.50. The van der Waals surface area contributed by atoms with Crippen LogP contribution in [0.2, 0.25) is 0 Å². The van der Waals surface area contributed by atoms with Gasteiger partial charge in [-0.05, 0) is 104 Å². The summed E-state index contributed by atoms with van der Waals surface area (Å²) in [5.41, 5.74) is 9.19. The smallest absolute Gasteiger partial charge is 0.251 e. The van der Waals surface area contributed by atoms with E-state index in [1.54, 1.807) is 12.1 Å². The molecule has 4 aromatic carbocycles. The van der Waals surface area contributed by atoms with Crippen molar-refractivity contribution in [3.63, 3.8) is 0 Å². The largest absolute Gasteiger partial charge is 0.508 e. The van der Waals surface area contributed by atoms with Crippen LogP contribution in [0.15, 0.2) is 97.1 Å². The third-order valence-corrected chi connectivity index (χ3v) is 15.9. The highest BCUT2D eigenvalue weighted by atomic mass is 16.5. The first kappa shape index (κ1) is 66.9. The van der Waals surface area contributed by atoms with E-state index in [9.17, 15) is 74.4 Å². The first-order chi connectivity index (χ1) is 41.5. The average Bonchev–Trinajstić information content (AvgIpc) is 1.92. The van der Waals surface area contributed by atoms with Crippen molar-refractivity contribution in [1.82, 2.24) is 36.4 Å². The van der Waals surface area contributed by atoms with Crippen molar-refractivity contribution in [2.24, 2.45) is 11.7 Å². The number of aromatic hydroxyl groups is 1. The van der Waals surface area contributed by atoms with Crippen molar-refractivity contribution in [1.29, 1.82) is 0 Å². The number of fused-ring (bicyclic) bond motifs is 2. The van der Waals surface area contributed by atoms with E-state index in [2.05, 4.69) is 33.5 Å². The molecule has 0 aliphatic carbocycles. The van der Waals surface area contributed by atoms with Crippen molar-refractivity contribution < 1.29 is 83.9 Å². The highest BCUT2D eigenvalue weighted by molar-refractivity contribution is 6.00. The van der Waals surface area contributed by atoms with Gasteiger partial charge in [0, 0.05) is 44.0 Å². The minimum Gasteiger partial charge on any atom is -0.508 e. The monoisotopic (exact) mass is 1210 g/mol. The fraction of sp³-hybridized carbons (Fsp3) is 0.500. The van der Waals surface area contributed by atoms with E-state index in [4.69, 9.17) is 15.2 Å². The minimum absolute atomic E-state index is 0.0412. The quantitative estimate of drug-likeness (QED) is 0.0542. The summed E-state index contributed by atoms with van der Waals surface area (Å²) in [6, 6.07) is 15.2. The number of nitrogens with two attached hydrogens (primary N) is 1. The molecule has 0 unspecified atom stereocenters. The Balaban J connectivity index is 1.22. The number of ether oxygens (including phenoxy) is 2. The van der Waals surface area contributed by atoms with E-state index in [-0.39, 0.29) is 36.6 Å². The number of rotatable bonds is 19. The van der Waals surface area contributed by atoms with E-state index in [0.29, 0.717) is 19.4 Å². The normalized spacial score (nSPS) is 26.6. The molecule has 15 N–H and O–H groups in total. The molecule has 25 nitrogen and oxygen atoms in total. The molecule has 3 heterocycles. The topological polar surface area (TPSA) is 392 Å². The van der Waals surface area contributed by atoms with Gasteiger partial charge in [-0.2, -0.15) is 0 Å². The van der Waals surface area contributed by atoms with Crippen LogP contribution < -0.4 is 37.1 Å². The Bertz CT molecular complexity index is 2970. The van der Waals surface area contributed by atoms with E-state index in [1.807, 2.05) is 48.5 Å². The zero-order chi connectivity index (χ0) is 63.2. The second kappa shape index (κ2) is 30.9. The molecule has 7 rings (SSSR count).